The van der Waals surface area contributed by atoms with Crippen molar-refractivity contribution in [3.63, 3.8) is 0 Å². The monoisotopic (exact) mass is 261 g/mol. The van der Waals surface area contributed by atoms with Crippen LogP contribution < -0.4 is 10.5 Å². The summed E-state index contributed by atoms with van der Waals surface area (Å²) < 4.78 is 41.5. The molecular weight excluding hydrogens is 243 g/mol. The van der Waals surface area contributed by atoms with Crippen molar-refractivity contribution in [2.75, 3.05) is 6.61 Å². The normalized spacial score (nSPS) is 13.4. The Kier molecular flexibility index (Phi) is 5.47. The molecule has 2 nitrogen and oxygen atoms in total. The maximum atomic E-state index is 12.0. The second-order valence-electron chi connectivity index (χ2n) is 4.08. The Morgan fingerprint density at radius 1 is 1.28 bits per heavy atom. The highest BCUT2D eigenvalue weighted by Crippen LogP contribution is 2.29. The van der Waals surface area contributed by atoms with Crippen LogP contribution in [-0.4, -0.2) is 12.8 Å². The van der Waals surface area contributed by atoms with Gasteiger partial charge in [0.25, 0.3) is 0 Å². The molecule has 0 fully saturated rings. The van der Waals surface area contributed by atoms with Crippen LogP contribution >= 0.6 is 0 Å². The van der Waals surface area contributed by atoms with E-state index in [2.05, 4.69) is 0 Å². The van der Waals surface area contributed by atoms with Crippen molar-refractivity contribution in [2.24, 2.45) is 5.73 Å². The van der Waals surface area contributed by atoms with E-state index < -0.39 is 18.6 Å². The van der Waals surface area contributed by atoms with Gasteiger partial charge in [0, 0.05) is 18.0 Å². The van der Waals surface area contributed by atoms with Crippen molar-refractivity contribution >= 4 is 0 Å². The zero-order valence-electron chi connectivity index (χ0n) is 10.3. The molecule has 0 radical (unpaired) electrons. The summed E-state index contributed by atoms with van der Waals surface area (Å²) in [5.41, 5.74) is 6.67. The van der Waals surface area contributed by atoms with Crippen molar-refractivity contribution in [2.45, 2.75) is 38.4 Å². The Bertz CT molecular complexity index is 365. The van der Waals surface area contributed by atoms with Gasteiger partial charge in [-0.1, -0.05) is 18.2 Å². The highest BCUT2D eigenvalue weighted by atomic mass is 19.4. The zero-order chi connectivity index (χ0) is 13.6. The van der Waals surface area contributed by atoms with Crippen molar-refractivity contribution in [1.29, 1.82) is 0 Å². The molecule has 0 aliphatic heterocycles. The van der Waals surface area contributed by atoms with Crippen molar-refractivity contribution in [3.8, 4) is 5.75 Å². The first-order valence-electron chi connectivity index (χ1n) is 5.98. The number of halogens is 3. The lowest BCUT2D eigenvalue weighted by Gasteiger charge is -2.16. The Morgan fingerprint density at radius 3 is 2.56 bits per heavy atom. The number of ether oxygens (including phenoxy) is 1. The molecule has 18 heavy (non-hydrogen) atoms. The number of para-hydroxylation sites is 1. The maximum absolute atomic E-state index is 12.0. The van der Waals surface area contributed by atoms with Crippen LogP contribution in [0.5, 0.6) is 5.75 Å². The van der Waals surface area contributed by atoms with Gasteiger partial charge in [-0.05, 0) is 25.8 Å². The topological polar surface area (TPSA) is 35.2 Å². The molecule has 1 rings (SSSR count). The fourth-order valence-electron chi connectivity index (χ4n) is 1.75. The van der Waals surface area contributed by atoms with Gasteiger partial charge in [0.1, 0.15) is 5.75 Å². The summed E-state index contributed by atoms with van der Waals surface area (Å²) in [6, 6.07) is 6.78. The Balaban J connectivity index is 2.58. The van der Waals surface area contributed by atoms with Crippen LogP contribution in [0.4, 0.5) is 13.2 Å². The average Bonchev–Trinajstić information content (AvgIpc) is 2.28. The van der Waals surface area contributed by atoms with Gasteiger partial charge >= 0.3 is 6.18 Å². The summed E-state index contributed by atoms with van der Waals surface area (Å²) in [6.07, 6.45) is -4.58. The van der Waals surface area contributed by atoms with Crippen LogP contribution in [0.2, 0.25) is 0 Å². The molecule has 1 aromatic carbocycles. The van der Waals surface area contributed by atoms with Crippen molar-refractivity contribution in [3.05, 3.63) is 29.8 Å². The van der Waals surface area contributed by atoms with Gasteiger partial charge in [-0.2, -0.15) is 13.2 Å². The van der Waals surface area contributed by atoms with Crippen molar-refractivity contribution in [1.82, 2.24) is 0 Å². The molecule has 0 aromatic heterocycles. The Morgan fingerprint density at radius 2 is 1.94 bits per heavy atom. The first-order valence-corrected chi connectivity index (χ1v) is 5.98. The largest absolute Gasteiger partial charge is 0.494 e. The van der Waals surface area contributed by atoms with E-state index in [4.69, 9.17) is 10.5 Å². The first kappa shape index (κ1) is 14.8. The number of benzene rings is 1. The molecule has 0 aliphatic rings. The van der Waals surface area contributed by atoms with E-state index in [0.29, 0.717) is 18.8 Å². The summed E-state index contributed by atoms with van der Waals surface area (Å²) in [5, 5.41) is 0. The highest BCUT2D eigenvalue weighted by molar-refractivity contribution is 5.35. The summed E-state index contributed by atoms with van der Waals surface area (Å²) in [5.74, 6) is 0.652. The molecule has 1 atom stereocenters. The van der Waals surface area contributed by atoms with Crippen LogP contribution in [0.1, 0.15) is 37.8 Å². The van der Waals surface area contributed by atoms with Gasteiger partial charge in [-0.3, -0.25) is 0 Å². The van der Waals surface area contributed by atoms with Crippen LogP contribution in [0.25, 0.3) is 0 Å². The number of alkyl halides is 3. The van der Waals surface area contributed by atoms with Crippen LogP contribution in [-0.2, 0) is 0 Å². The third-order valence-corrected chi connectivity index (χ3v) is 2.59. The van der Waals surface area contributed by atoms with Gasteiger partial charge in [0.15, 0.2) is 0 Å². The minimum atomic E-state index is -4.11. The van der Waals surface area contributed by atoms with E-state index in [0.717, 1.165) is 5.56 Å². The number of nitrogens with two attached hydrogens (primary N) is 1. The minimum absolute atomic E-state index is 0.0329. The molecule has 0 bridgehead atoms. The van der Waals surface area contributed by atoms with Gasteiger partial charge in [0.2, 0.25) is 0 Å². The molecule has 0 saturated carbocycles. The van der Waals surface area contributed by atoms with E-state index in [1.807, 2.05) is 19.1 Å². The summed E-state index contributed by atoms with van der Waals surface area (Å²) in [7, 11) is 0. The second-order valence-corrected chi connectivity index (χ2v) is 4.08. The van der Waals surface area contributed by atoms with Crippen LogP contribution in [0.3, 0.4) is 0 Å². The van der Waals surface area contributed by atoms with Gasteiger partial charge < -0.3 is 10.5 Å². The van der Waals surface area contributed by atoms with E-state index in [1.54, 1.807) is 12.1 Å². The fourth-order valence-corrected chi connectivity index (χ4v) is 1.75. The van der Waals surface area contributed by atoms with Gasteiger partial charge in [-0.25, -0.2) is 0 Å². The smallest absolute Gasteiger partial charge is 0.389 e. The standard InChI is InChI=1S/C13H18F3NO/c1-2-18-12-8-4-3-6-10(12)11(17)7-5-9-13(14,15)16/h3-4,6,8,11H,2,5,7,9,17H2,1H3. The molecule has 0 spiro atoms. The summed E-state index contributed by atoms with van der Waals surface area (Å²) in [4.78, 5) is 0. The quantitative estimate of drug-likeness (QED) is 0.845. The molecule has 0 saturated heterocycles. The third kappa shape index (κ3) is 4.96. The molecule has 1 unspecified atom stereocenters. The van der Waals surface area contributed by atoms with Crippen molar-refractivity contribution < 1.29 is 17.9 Å². The molecular formula is C13H18F3NO. The van der Waals surface area contributed by atoms with E-state index in [1.165, 1.54) is 0 Å². The molecule has 2 N–H and O–H groups in total. The third-order valence-electron chi connectivity index (χ3n) is 2.59. The minimum Gasteiger partial charge on any atom is -0.494 e. The lowest BCUT2D eigenvalue weighted by Crippen LogP contribution is -2.14. The fraction of sp³-hybridized carbons (Fsp3) is 0.538. The summed E-state index contributed by atoms with van der Waals surface area (Å²) >= 11 is 0. The van der Waals surface area contributed by atoms with E-state index in [9.17, 15) is 13.2 Å². The van der Waals surface area contributed by atoms with E-state index >= 15 is 0 Å². The Labute approximate surface area is 105 Å². The number of rotatable bonds is 6. The highest BCUT2D eigenvalue weighted by Gasteiger charge is 2.26. The predicted octanol–water partition coefficient (Wildman–Crippen LogP) is 3.82. The summed E-state index contributed by atoms with van der Waals surface area (Å²) in [6.45, 7) is 2.36. The molecule has 0 aliphatic carbocycles. The lowest BCUT2D eigenvalue weighted by molar-refractivity contribution is -0.135. The Hall–Kier alpha value is -1.23. The maximum Gasteiger partial charge on any atom is 0.389 e. The SMILES string of the molecule is CCOc1ccccc1C(N)CCCC(F)(F)F. The number of hydrogen-bond donors (Lipinski definition) is 1. The molecule has 102 valence electrons. The first-order chi connectivity index (χ1) is 8.44. The predicted molar refractivity (Wildman–Crippen MR) is 64.4 cm³/mol. The van der Waals surface area contributed by atoms with Crippen LogP contribution in [0, 0.1) is 0 Å². The second kappa shape index (κ2) is 6.64. The van der Waals surface area contributed by atoms with Gasteiger partial charge in [0.05, 0.1) is 6.61 Å². The average molecular weight is 261 g/mol. The number of hydrogen-bond acceptors (Lipinski definition) is 2. The van der Waals surface area contributed by atoms with Gasteiger partial charge in [-0.15, -0.1) is 0 Å². The van der Waals surface area contributed by atoms with E-state index in [-0.39, 0.29) is 6.42 Å². The zero-order valence-corrected chi connectivity index (χ0v) is 10.3. The lowest BCUT2D eigenvalue weighted by atomic mass is 10.0. The van der Waals surface area contributed by atoms with Crippen LogP contribution in [0.15, 0.2) is 24.3 Å². The molecule has 5 heteroatoms. The molecule has 0 amide bonds. The molecule has 1 aromatic rings. The molecule has 0 heterocycles.